The Balaban J connectivity index is 1.58. The zero-order chi connectivity index (χ0) is 17.2. The molecule has 2 aliphatic heterocycles. The maximum Gasteiger partial charge on any atom is 0.216 e. The van der Waals surface area contributed by atoms with Gasteiger partial charge in [0.15, 0.2) is 0 Å². The van der Waals surface area contributed by atoms with Gasteiger partial charge in [0.1, 0.15) is 5.76 Å². The summed E-state index contributed by atoms with van der Waals surface area (Å²) in [7, 11) is 0. The van der Waals surface area contributed by atoms with E-state index in [0.717, 1.165) is 69.9 Å². The highest BCUT2D eigenvalue weighted by Gasteiger charge is 2.18. The minimum atomic E-state index is 0.0417. The number of carbonyl (C=O) groups excluding carboxylic acids is 1. The monoisotopic (exact) mass is 334 g/mol. The summed E-state index contributed by atoms with van der Waals surface area (Å²) in [5.74, 6) is 0.898. The van der Waals surface area contributed by atoms with Crippen molar-refractivity contribution in [2.75, 3.05) is 39.3 Å². The van der Waals surface area contributed by atoms with E-state index in [9.17, 15) is 4.79 Å². The number of hydrogen-bond donors (Lipinski definition) is 2. The first kappa shape index (κ1) is 18.7. The van der Waals surface area contributed by atoms with Crippen LogP contribution in [-0.2, 0) is 9.53 Å². The summed E-state index contributed by atoms with van der Waals surface area (Å²) >= 11 is 0. The fourth-order valence-corrected chi connectivity index (χ4v) is 2.88. The van der Waals surface area contributed by atoms with Crippen molar-refractivity contribution in [1.29, 1.82) is 0 Å². The first-order chi connectivity index (χ1) is 11.6. The molecule has 1 amide bonds. The quantitative estimate of drug-likeness (QED) is 0.660. The maximum atomic E-state index is 10.9. The van der Waals surface area contributed by atoms with Crippen molar-refractivity contribution in [2.24, 2.45) is 4.99 Å². The minimum absolute atomic E-state index is 0.0417. The van der Waals surface area contributed by atoms with Crippen molar-refractivity contribution < 1.29 is 9.53 Å². The van der Waals surface area contributed by atoms with Gasteiger partial charge in [0.25, 0.3) is 0 Å². The van der Waals surface area contributed by atoms with Crippen LogP contribution in [0.1, 0.15) is 32.6 Å². The first-order valence-corrected chi connectivity index (χ1v) is 8.88. The lowest BCUT2D eigenvalue weighted by Crippen LogP contribution is -2.45. The predicted octanol–water partition coefficient (Wildman–Crippen LogP) is 1.46. The predicted molar refractivity (Wildman–Crippen MR) is 97.0 cm³/mol. The third-order valence-corrected chi connectivity index (χ3v) is 4.32. The van der Waals surface area contributed by atoms with E-state index in [2.05, 4.69) is 33.2 Å². The molecule has 2 rings (SSSR count). The van der Waals surface area contributed by atoms with Gasteiger partial charge in [0.05, 0.1) is 12.8 Å². The van der Waals surface area contributed by atoms with Crippen molar-refractivity contribution in [2.45, 2.75) is 38.6 Å². The van der Waals surface area contributed by atoms with Gasteiger partial charge in [0.2, 0.25) is 5.91 Å². The Labute approximate surface area is 145 Å². The summed E-state index contributed by atoms with van der Waals surface area (Å²) in [5, 5.41) is 6.38. The molecule has 0 aromatic rings. The summed E-state index contributed by atoms with van der Waals surface area (Å²) in [4.78, 5) is 17.6. The van der Waals surface area contributed by atoms with Crippen LogP contribution in [0.3, 0.4) is 0 Å². The van der Waals surface area contributed by atoms with E-state index in [4.69, 9.17) is 4.74 Å². The molecule has 0 unspecified atom stereocenters. The van der Waals surface area contributed by atoms with Gasteiger partial charge in [0, 0.05) is 38.3 Å². The lowest BCUT2D eigenvalue weighted by molar-refractivity contribution is -0.119. The number of ether oxygens (including phenoxy) is 1. The number of hydrogen-bond acceptors (Lipinski definition) is 5. The summed E-state index contributed by atoms with van der Waals surface area (Å²) in [6.07, 6.45) is 8.23. The number of piperidine rings is 1. The molecule has 0 radical (unpaired) electrons. The fraction of sp³-hybridized carbons (Fsp3) is 0.667. The normalized spacial score (nSPS) is 19.8. The van der Waals surface area contributed by atoms with E-state index < -0.39 is 0 Å². The van der Waals surface area contributed by atoms with Gasteiger partial charge < -0.3 is 20.3 Å². The SMILES string of the molecule is C=C(CNC1CCN(CCNC(C)=O)CC1)N=CC1=CCCCO1. The Hall–Kier alpha value is -1.66. The van der Waals surface area contributed by atoms with Crippen LogP contribution in [0, 0.1) is 0 Å². The molecule has 1 fully saturated rings. The lowest BCUT2D eigenvalue weighted by atomic mass is 10.1. The molecular formula is C18H30N4O2. The molecule has 0 atom stereocenters. The third-order valence-electron chi connectivity index (χ3n) is 4.32. The topological polar surface area (TPSA) is 66.0 Å². The Morgan fingerprint density at radius 2 is 2.29 bits per heavy atom. The second kappa shape index (κ2) is 10.3. The van der Waals surface area contributed by atoms with Gasteiger partial charge in [-0.15, -0.1) is 0 Å². The van der Waals surface area contributed by atoms with Gasteiger partial charge in [-0.05, 0) is 44.8 Å². The van der Waals surface area contributed by atoms with E-state index in [1.165, 1.54) is 0 Å². The molecule has 0 saturated carbocycles. The van der Waals surface area contributed by atoms with Crippen LogP contribution in [0.2, 0.25) is 0 Å². The third kappa shape index (κ3) is 7.27. The molecule has 1 saturated heterocycles. The summed E-state index contributed by atoms with van der Waals surface area (Å²) < 4.78 is 5.50. The summed E-state index contributed by atoms with van der Waals surface area (Å²) in [6.45, 7) is 10.8. The van der Waals surface area contributed by atoms with Crippen molar-refractivity contribution >= 4 is 12.1 Å². The molecule has 2 aliphatic rings. The van der Waals surface area contributed by atoms with Crippen LogP contribution in [0.5, 0.6) is 0 Å². The number of aliphatic imine (C=N–C) groups is 1. The van der Waals surface area contributed by atoms with E-state index in [1.807, 2.05) is 0 Å². The molecule has 0 spiro atoms. The largest absolute Gasteiger partial charge is 0.492 e. The van der Waals surface area contributed by atoms with Gasteiger partial charge in [-0.2, -0.15) is 0 Å². The van der Waals surface area contributed by atoms with E-state index in [0.29, 0.717) is 12.6 Å². The first-order valence-electron chi connectivity index (χ1n) is 8.88. The number of allylic oxidation sites excluding steroid dienone is 2. The van der Waals surface area contributed by atoms with Crippen LogP contribution in [-0.4, -0.2) is 62.4 Å². The standard InChI is InChI=1S/C18H30N4O2/c1-15(20-14-18-5-3-4-12-24-18)13-21-17-6-9-22(10-7-17)11-8-19-16(2)23/h5,14,17,21H,1,3-4,6-13H2,2H3,(H,19,23). The maximum absolute atomic E-state index is 10.9. The van der Waals surface area contributed by atoms with Crippen molar-refractivity contribution in [3.8, 4) is 0 Å². The van der Waals surface area contributed by atoms with Crippen molar-refractivity contribution in [1.82, 2.24) is 15.5 Å². The molecule has 2 heterocycles. The summed E-state index contributed by atoms with van der Waals surface area (Å²) in [5.41, 5.74) is 0.832. The number of nitrogens with one attached hydrogen (secondary N) is 2. The van der Waals surface area contributed by atoms with Crippen molar-refractivity contribution in [3.63, 3.8) is 0 Å². The fourth-order valence-electron chi connectivity index (χ4n) is 2.88. The molecule has 0 aromatic carbocycles. The van der Waals surface area contributed by atoms with Gasteiger partial charge in [-0.3, -0.25) is 9.79 Å². The number of nitrogens with zero attached hydrogens (tertiary/aromatic N) is 2. The Morgan fingerprint density at radius 3 is 2.96 bits per heavy atom. The zero-order valence-electron chi connectivity index (χ0n) is 14.7. The molecule has 6 heteroatoms. The molecule has 0 aromatic heterocycles. The average molecular weight is 334 g/mol. The highest BCUT2D eigenvalue weighted by Crippen LogP contribution is 2.11. The van der Waals surface area contributed by atoms with Gasteiger partial charge >= 0.3 is 0 Å². The van der Waals surface area contributed by atoms with Gasteiger partial charge in [-0.1, -0.05) is 6.58 Å². The number of amides is 1. The smallest absolute Gasteiger partial charge is 0.216 e. The molecule has 134 valence electrons. The minimum Gasteiger partial charge on any atom is -0.492 e. The van der Waals surface area contributed by atoms with E-state index >= 15 is 0 Å². The molecule has 0 aliphatic carbocycles. The molecular weight excluding hydrogens is 304 g/mol. The Bertz CT molecular complexity index is 479. The zero-order valence-corrected chi connectivity index (χ0v) is 14.7. The number of carbonyl (C=O) groups is 1. The van der Waals surface area contributed by atoms with Crippen LogP contribution in [0.4, 0.5) is 0 Å². The van der Waals surface area contributed by atoms with Gasteiger partial charge in [-0.25, -0.2) is 0 Å². The molecule has 24 heavy (non-hydrogen) atoms. The molecule has 0 bridgehead atoms. The highest BCUT2D eigenvalue weighted by molar-refractivity contribution is 5.76. The summed E-state index contributed by atoms with van der Waals surface area (Å²) in [6, 6.07) is 0.513. The number of likely N-dealkylation sites (tertiary alicyclic amines) is 1. The second-order valence-electron chi connectivity index (χ2n) is 6.40. The number of rotatable bonds is 8. The van der Waals surface area contributed by atoms with Crippen LogP contribution in [0.25, 0.3) is 0 Å². The Kier molecular flexibility index (Phi) is 7.98. The Morgan fingerprint density at radius 1 is 1.50 bits per heavy atom. The van der Waals surface area contributed by atoms with Crippen molar-refractivity contribution in [3.05, 3.63) is 24.1 Å². The lowest BCUT2D eigenvalue weighted by Gasteiger charge is -2.32. The van der Waals surface area contributed by atoms with E-state index in [1.54, 1.807) is 13.1 Å². The second-order valence-corrected chi connectivity index (χ2v) is 6.40. The molecule has 6 nitrogen and oxygen atoms in total. The van der Waals surface area contributed by atoms with Crippen LogP contribution in [0.15, 0.2) is 29.1 Å². The van der Waals surface area contributed by atoms with Crippen LogP contribution < -0.4 is 10.6 Å². The average Bonchev–Trinajstić information content (AvgIpc) is 2.60. The van der Waals surface area contributed by atoms with Crippen LogP contribution >= 0.6 is 0 Å². The highest BCUT2D eigenvalue weighted by atomic mass is 16.5. The molecule has 2 N–H and O–H groups in total. The van der Waals surface area contributed by atoms with E-state index in [-0.39, 0.29) is 5.91 Å².